The molecule has 7 N–H and O–H groups in total. The van der Waals surface area contributed by atoms with Gasteiger partial charge in [-0.2, -0.15) is 28.1 Å². The number of carbonyl (C=O) groups is 4. The molecule has 0 aliphatic heterocycles. The highest BCUT2D eigenvalue weighted by molar-refractivity contribution is 6.35. The molecule has 0 bridgehead atoms. The number of imidazole rings is 1. The third kappa shape index (κ3) is 10.5. The zero-order valence-corrected chi connectivity index (χ0v) is 27.1. The monoisotopic (exact) mass is 730 g/mol. The number of aliphatic carboxylic acids is 1. The van der Waals surface area contributed by atoms with Gasteiger partial charge in [0.25, 0.3) is 5.91 Å². The number of anilines is 3. The van der Waals surface area contributed by atoms with Crippen LogP contribution >= 0.6 is 11.6 Å². The zero-order valence-electron chi connectivity index (χ0n) is 26.4. The molecular formula is C31H30ClF3N10O6. The summed E-state index contributed by atoms with van der Waals surface area (Å²) in [6, 6.07) is 10.4. The van der Waals surface area contributed by atoms with E-state index in [2.05, 4.69) is 51.5 Å². The van der Waals surface area contributed by atoms with Crippen LogP contribution in [0.1, 0.15) is 34.5 Å². The van der Waals surface area contributed by atoms with Gasteiger partial charge in [0.2, 0.25) is 11.9 Å². The first-order valence-electron chi connectivity index (χ1n) is 15.2. The SMILES string of the molecule is O=C(NCCc1c[nH]cn1)C(=O)NC[C@H](NC(=O)c1ccc(Nc2nc(NC3(c4ccc(Cl)cc4)CC3)nc(OCC(F)(F)F)n2)cc1)C(=O)O. The number of rotatable bonds is 15. The van der Waals surface area contributed by atoms with Crippen molar-refractivity contribution in [2.24, 2.45) is 0 Å². The van der Waals surface area contributed by atoms with Gasteiger partial charge < -0.3 is 41.4 Å². The third-order valence-corrected chi connectivity index (χ3v) is 7.63. The molecule has 0 saturated heterocycles. The number of carbonyl (C=O) groups excluding carboxylic acids is 3. The van der Waals surface area contributed by atoms with Gasteiger partial charge in [-0.1, -0.05) is 23.7 Å². The number of aromatic amines is 1. The van der Waals surface area contributed by atoms with Gasteiger partial charge in [0.15, 0.2) is 6.61 Å². The van der Waals surface area contributed by atoms with Crippen LogP contribution < -0.4 is 31.3 Å². The van der Waals surface area contributed by atoms with Gasteiger partial charge in [-0.3, -0.25) is 14.4 Å². The number of amides is 3. The number of carboxylic acid groups (broad SMARTS) is 1. The van der Waals surface area contributed by atoms with E-state index in [1.54, 1.807) is 18.3 Å². The molecule has 1 fully saturated rings. The first-order chi connectivity index (χ1) is 24.3. The Kier molecular flexibility index (Phi) is 11.2. The van der Waals surface area contributed by atoms with Crippen LogP contribution in [0.15, 0.2) is 61.1 Å². The van der Waals surface area contributed by atoms with Crippen LogP contribution in [0.25, 0.3) is 0 Å². The van der Waals surface area contributed by atoms with Gasteiger partial charge >= 0.3 is 30.0 Å². The average Bonchev–Trinajstić information content (AvgIpc) is 3.67. The Morgan fingerprint density at radius 2 is 1.65 bits per heavy atom. The smallest absolute Gasteiger partial charge is 0.422 e. The summed E-state index contributed by atoms with van der Waals surface area (Å²) in [5.74, 6) is -4.57. The number of nitrogens with one attached hydrogen (secondary N) is 6. The van der Waals surface area contributed by atoms with Crippen molar-refractivity contribution >= 4 is 52.9 Å². The summed E-state index contributed by atoms with van der Waals surface area (Å²) in [7, 11) is 0. The summed E-state index contributed by atoms with van der Waals surface area (Å²) in [6.45, 7) is -2.10. The Balaban J connectivity index is 1.20. The molecule has 1 atom stereocenters. The molecule has 2 aromatic carbocycles. The van der Waals surface area contributed by atoms with Crippen molar-refractivity contribution in [1.29, 1.82) is 0 Å². The van der Waals surface area contributed by atoms with E-state index in [9.17, 15) is 37.5 Å². The number of H-pyrrole nitrogens is 1. The highest BCUT2D eigenvalue weighted by atomic mass is 35.5. The fourth-order valence-corrected chi connectivity index (χ4v) is 4.76. The lowest BCUT2D eigenvalue weighted by Crippen LogP contribution is -2.51. The highest BCUT2D eigenvalue weighted by Gasteiger charge is 2.45. The molecule has 1 saturated carbocycles. The topological polar surface area (TPSA) is 225 Å². The summed E-state index contributed by atoms with van der Waals surface area (Å²) in [5.41, 5.74) is 1.32. The summed E-state index contributed by atoms with van der Waals surface area (Å²) in [4.78, 5) is 67.7. The van der Waals surface area contributed by atoms with Crippen LogP contribution in [-0.2, 0) is 26.3 Å². The number of aromatic nitrogens is 5. The molecule has 4 aromatic rings. The van der Waals surface area contributed by atoms with Crippen LogP contribution in [0, 0.1) is 0 Å². The number of benzene rings is 2. The molecule has 0 radical (unpaired) electrons. The second-order valence-electron chi connectivity index (χ2n) is 11.2. The van der Waals surface area contributed by atoms with E-state index >= 15 is 0 Å². The lowest BCUT2D eigenvalue weighted by molar-refractivity contribution is -0.154. The highest BCUT2D eigenvalue weighted by Crippen LogP contribution is 2.48. The predicted octanol–water partition coefficient (Wildman–Crippen LogP) is 2.69. The van der Waals surface area contributed by atoms with Gasteiger partial charge in [-0.15, -0.1) is 0 Å². The molecule has 3 amide bonds. The zero-order chi connectivity index (χ0) is 36.6. The Bertz CT molecular complexity index is 1860. The van der Waals surface area contributed by atoms with Crippen LogP contribution in [0.4, 0.5) is 30.8 Å². The molecule has 51 heavy (non-hydrogen) atoms. The van der Waals surface area contributed by atoms with E-state index in [0.717, 1.165) is 5.56 Å². The number of ether oxygens (including phenoxy) is 1. The maximum atomic E-state index is 12.9. The van der Waals surface area contributed by atoms with Gasteiger partial charge in [0.05, 0.1) is 17.6 Å². The largest absolute Gasteiger partial charge is 0.480 e. The second kappa shape index (κ2) is 15.7. The van der Waals surface area contributed by atoms with E-state index in [0.29, 0.717) is 35.7 Å². The van der Waals surface area contributed by atoms with Crippen molar-refractivity contribution in [3.8, 4) is 6.01 Å². The molecule has 268 valence electrons. The minimum Gasteiger partial charge on any atom is -0.480 e. The lowest BCUT2D eigenvalue weighted by atomic mass is 10.1. The Hall–Kier alpha value is -5.98. The molecule has 16 nitrogen and oxygen atoms in total. The number of halogens is 4. The Morgan fingerprint density at radius 3 is 2.27 bits per heavy atom. The van der Waals surface area contributed by atoms with Gasteiger partial charge in [0, 0.05) is 42.0 Å². The standard InChI is InChI=1S/C31H30ClF3N10O6/c32-19-5-3-18(4-6-19)30(10-11-30)45-28-42-27(43-29(44-28)51-15-31(33,34)35)40-20-7-1-17(2-8-20)23(46)41-22(26(49)50)14-38-25(48)24(47)37-12-9-21-13-36-16-39-21/h1-8,13,16,22H,9-12,14-15H2,(H,36,39)(H,37,47)(H,38,48)(H,41,46)(H,49,50)(H2,40,42,43,44,45)/t22-/m0/s1. The summed E-state index contributed by atoms with van der Waals surface area (Å²) < 4.78 is 43.5. The van der Waals surface area contributed by atoms with Crippen molar-refractivity contribution in [1.82, 2.24) is 40.9 Å². The molecule has 5 rings (SSSR count). The minimum atomic E-state index is -4.65. The Morgan fingerprint density at radius 1 is 0.961 bits per heavy atom. The maximum Gasteiger partial charge on any atom is 0.422 e. The molecule has 0 unspecified atom stereocenters. The molecular weight excluding hydrogens is 701 g/mol. The number of alkyl halides is 3. The van der Waals surface area contributed by atoms with Crippen LogP contribution in [-0.4, -0.2) is 85.6 Å². The van der Waals surface area contributed by atoms with Crippen molar-refractivity contribution in [2.75, 3.05) is 30.3 Å². The van der Waals surface area contributed by atoms with Crippen LogP contribution in [0.3, 0.4) is 0 Å². The summed E-state index contributed by atoms with van der Waals surface area (Å²) in [5, 5.41) is 22.9. The number of hydrogen-bond acceptors (Lipinski definition) is 11. The normalized spacial score (nSPS) is 13.7. The number of nitrogens with zero attached hydrogens (tertiary/aromatic N) is 4. The maximum absolute atomic E-state index is 12.9. The van der Waals surface area contributed by atoms with Crippen molar-refractivity contribution < 1.29 is 42.2 Å². The van der Waals surface area contributed by atoms with Crippen molar-refractivity contribution in [3.05, 3.63) is 82.9 Å². The first-order valence-corrected chi connectivity index (χ1v) is 15.6. The lowest BCUT2D eigenvalue weighted by Gasteiger charge is -2.19. The van der Waals surface area contributed by atoms with E-state index < -0.39 is 60.6 Å². The summed E-state index contributed by atoms with van der Waals surface area (Å²) >= 11 is 6.01. The van der Waals surface area contributed by atoms with E-state index in [1.165, 1.54) is 30.6 Å². The molecule has 20 heteroatoms. The van der Waals surface area contributed by atoms with Crippen molar-refractivity contribution in [2.45, 2.75) is 37.0 Å². The van der Waals surface area contributed by atoms with E-state index in [1.807, 2.05) is 12.1 Å². The average molecular weight is 731 g/mol. The molecule has 1 aliphatic rings. The minimum absolute atomic E-state index is 0.0278. The third-order valence-electron chi connectivity index (χ3n) is 7.38. The molecule has 0 spiro atoms. The van der Waals surface area contributed by atoms with Crippen LogP contribution in [0.2, 0.25) is 5.02 Å². The second-order valence-corrected chi connectivity index (χ2v) is 11.7. The van der Waals surface area contributed by atoms with Crippen molar-refractivity contribution in [3.63, 3.8) is 0 Å². The Labute approximate surface area is 292 Å². The summed E-state index contributed by atoms with van der Waals surface area (Å²) in [6.07, 6.45) is 0.205. The molecule has 1 aliphatic carbocycles. The number of carboxylic acids is 1. The van der Waals surface area contributed by atoms with Gasteiger partial charge in [0.1, 0.15) is 6.04 Å². The fourth-order valence-electron chi connectivity index (χ4n) is 4.64. The quantitative estimate of drug-likeness (QED) is 0.0877. The van der Waals surface area contributed by atoms with Crippen LogP contribution in [0.5, 0.6) is 6.01 Å². The van der Waals surface area contributed by atoms with E-state index in [4.69, 9.17) is 16.3 Å². The molecule has 2 heterocycles. The fraction of sp³-hybridized carbons (Fsp3) is 0.290. The number of hydrogen-bond donors (Lipinski definition) is 7. The van der Waals surface area contributed by atoms with E-state index in [-0.39, 0.29) is 24.0 Å². The van der Waals surface area contributed by atoms with Gasteiger partial charge in [-0.05, 0) is 54.8 Å². The predicted molar refractivity (Wildman–Crippen MR) is 174 cm³/mol. The first kappa shape index (κ1) is 36.3. The van der Waals surface area contributed by atoms with Gasteiger partial charge in [-0.25, -0.2) is 9.78 Å². The molecule has 2 aromatic heterocycles.